The summed E-state index contributed by atoms with van der Waals surface area (Å²) in [7, 11) is 0. The number of furan rings is 1. The Morgan fingerprint density at radius 3 is 1.46 bits per heavy atom. The van der Waals surface area contributed by atoms with E-state index in [1.165, 1.54) is 38.8 Å². The van der Waals surface area contributed by atoms with E-state index in [0.29, 0.717) is 0 Å². The molecule has 0 spiro atoms. The van der Waals surface area contributed by atoms with Crippen molar-refractivity contribution >= 4 is 49.8 Å². The Balaban J connectivity index is 1.21. The molecule has 54 heavy (non-hydrogen) atoms. The van der Waals surface area contributed by atoms with Crippen LogP contribution < -0.4 is 4.90 Å². The zero-order chi connectivity index (χ0) is 35.8. The number of hydrogen-bond donors (Lipinski definition) is 0. The Hall–Kier alpha value is -7.16. The number of benzene rings is 9. The Bertz CT molecular complexity index is 2890. The van der Waals surface area contributed by atoms with Crippen LogP contribution >= 0.6 is 0 Å². The molecule has 0 amide bonds. The summed E-state index contributed by atoms with van der Waals surface area (Å²) in [4.78, 5) is 2.40. The van der Waals surface area contributed by atoms with Crippen molar-refractivity contribution < 1.29 is 4.42 Å². The van der Waals surface area contributed by atoms with Gasteiger partial charge in [-0.05, 0) is 80.7 Å². The summed E-state index contributed by atoms with van der Waals surface area (Å²) >= 11 is 0. The molecule has 0 aliphatic rings. The number of nitrogens with zero attached hydrogens (tertiary/aromatic N) is 1. The van der Waals surface area contributed by atoms with E-state index in [1.54, 1.807) is 0 Å². The fraction of sp³-hybridized carbons (Fsp3) is 0. The van der Waals surface area contributed by atoms with Crippen molar-refractivity contribution in [2.75, 3.05) is 4.90 Å². The highest BCUT2D eigenvalue weighted by molar-refractivity contribution is 6.22. The third-order valence-corrected chi connectivity index (χ3v) is 10.5. The van der Waals surface area contributed by atoms with E-state index in [0.717, 1.165) is 55.5 Å². The van der Waals surface area contributed by atoms with Crippen molar-refractivity contribution in [3.05, 3.63) is 212 Å². The second-order valence-corrected chi connectivity index (χ2v) is 13.7. The highest BCUT2D eigenvalue weighted by Gasteiger charge is 2.23. The lowest BCUT2D eigenvalue weighted by Gasteiger charge is -2.28. The predicted molar refractivity (Wildman–Crippen MR) is 228 cm³/mol. The third-order valence-electron chi connectivity index (χ3n) is 10.5. The minimum Gasteiger partial charge on any atom is -0.455 e. The summed E-state index contributed by atoms with van der Waals surface area (Å²) in [6.07, 6.45) is 0. The van der Waals surface area contributed by atoms with Crippen LogP contribution in [0.15, 0.2) is 217 Å². The highest BCUT2D eigenvalue weighted by atomic mass is 16.3. The summed E-state index contributed by atoms with van der Waals surface area (Å²) in [6, 6.07) is 75.7. The second-order valence-electron chi connectivity index (χ2n) is 13.7. The molecule has 0 fully saturated rings. The van der Waals surface area contributed by atoms with Crippen molar-refractivity contribution in [3.8, 4) is 44.5 Å². The smallest absolute Gasteiger partial charge is 0.143 e. The average molecular weight is 690 g/mol. The largest absolute Gasteiger partial charge is 0.455 e. The maximum absolute atomic E-state index is 6.86. The van der Waals surface area contributed by atoms with Crippen molar-refractivity contribution in [3.63, 3.8) is 0 Å². The lowest BCUT2D eigenvalue weighted by molar-refractivity contribution is 0.672. The molecule has 0 saturated carbocycles. The SMILES string of the molecule is c1ccc(-c2ccc(-c3cc4c(oc5cccc(N(c6ccc(-c7ccccc7)cc6)c6ccccc6-c6ccccc6)c54)c4ccccc34)cc2)cc1. The Labute approximate surface area is 314 Å². The molecule has 254 valence electrons. The van der Waals surface area contributed by atoms with E-state index >= 15 is 0 Å². The molecule has 0 aliphatic heterocycles. The molecule has 10 aromatic rings. The van der Waals surface area contributed by atoms with Gasteiger partial charge in [0, 0.05) is 22.0 Å². The monoisotopic (exact) mass is 689 g/mol. The summed E-state index contributed by atoms with van der Waals surface area (Å²) in [5.74, 6) is 0. The molecule has 9 aromatic carbocycles. The van der Waals surface area contributed by atoms with E-state index in [9.17, 15) is 0 Å². The van der Waals surface area contributed by atoms with Crippen molar-refractivity contribution in [2.45, 2.75) is 0 Å². The van der Waals surface area contributed by atoms with Gasteiger partial charge in [0.1, 0.15) is 11.2 Å². The first-order valence-electron chi connectivity index (χ1n) is 18.4. The first kappa shape index (κ1) is 31.6. The summed E-state index contributed by atoms with van der Waals surface area (Å²) in [5.41, 5.74) is 14.4. The van der Waals surface area contributed by atoms with Crippen LogP contribution in [0.4, 0.5) is 17.1 Å². The normalized spacial score (nSPS) is 11.3. The molecule has 2 heteroatoms. The number of hydrogen-bond acceptors (Lipinski definition) is 2. The molecule has 0 atom stereocenters. The van der Waals surface area contributed by atoms with E-state index < -0.39 is 0 Å². The van der Waals surface area contributed by atoms with Gasteiger partial charge in [0.15, 0.2) is 0 Å². The van der Waals surface area contributed by atoms with E-state index in [1.807, 2.05) is 0 Å². The lowest BCUT2D eigenvalue weighted by Crippen LogP contribution is -2.11. The molecule has 1 aromatic heterocycles. The maximum atomic E-state index is 6.86. The summed E-state index contributed by atoms with van der Waals surface area (Å²) in [6.45, 7) is 0. The molecule has 1 heterocycles. The van der Waals surface area contributed by atoms with Crippen molar-refractivity contribution in [2.24, 2.45) is 0 Å². The highest BCUT2D eigenvalue weighted by Crippen LogP contribution is 2.48. The minimum atomic E-state index is 0.854. The summed E-state index contributed by atoms with van der Waals surface area (Å²) < 4.78 is 6.86. The fourth-order valence-electron chi connectivity index (χ4n) is 7.90. The molecule has 0 aliphatic carbocycles. The Morgan fingerprint density at radius 2 is 0.796 bits per heavy atom. The Morgan fingerprint density at radius 1 is 0.315 bits per heavy atom. The zero-order valence-electron chi connectivity index (χ0n) is 29.6. The maximum Gasteiger partial charge on any atom is 0.143 e. The van der Waals surface area contributed by atoms with Gasteiger partial charge in [-0.1, -0.05) is 176 Å². The summed E-state index contributed by atoms with van der Waals surface area (Å²) in [5, 5.41) is 4.43. The molecule has 0 N–H and O–H groups in total. The molecule has 10 rings (SSSR count). The first-order valence-corrected chi connectivity index (χ1v) is 18.4. The number of para-hydroxylation sites is 1. The van der Waals surface area contributed by atoms with E-state index in [4.69, 9.17) is 4.42 Å². The molecule has 2 nitrogen and oxygen atoms in total. The molecular weight excluding hydrogens is 655 g/mol. The van der Waals surface area contributed by atoms with Gasteiger partial charge in [0.2, 0.25) is 0 Å². The first-order chi connectivity index (χ1) is 26.8. The van der Waals surface area contributed by atoms with Gasteiger partial charge >= 0.3 is 0 Å². The van der Waals surface area contributed by atoms with Gasteiger partial charge in [-0.15, -0.1) is 0 Å². The van der Waals surface area contributed by atoms with Crippen LogP contribution in [0.5, 0.6) is 0 Å². The molecule has 0 saturated heterocycles. The Kier molecular flexibility index (Phi) is 7.85. The van der Waals surface area contributed by atoms with Crippen LogP contribution in [0.1, 0.15) is 0 Å². The number of fused-ring (bicyclic) bond motifs is 5. The average Bonchev–Trinajstić information content (AvgIpc) is 3.65. The van der Waals surface area contributed by atoms with Crippen LogP contribution in [0, 0.1) is 0 Å². The molecule has 0 bridgehead atoms. The topological polar surface area (TPSA) is 16.4 Å². The van der Waals surface area contributed by atoms with Crippen LogP contribution in [0.25, 0.3) is 77.2 Å². The van der Waals surface area contributed by atoms with Gasteiger partial charge in [0.05, 0.1) is 16.8 Å². The van der Waals surface area contributed by atoms with E-state index in [2.05, 4.69) is 217 Å². The quantitative estimate of drug-likeness (QED) is 0.166. The van der Waals surface area contributed by atoms with Crippen molar-refractivity contribution in [1.82, 2.24) is 0 Å². The van der Waals surface area contributed by atoms with Crippen LogP contribution in [-0.4, -0.2) is 0 Å². The zero-order valence-corrected chi connectivity index (χ0v) is 29.6. The standard InChI is InChI=1S/C52H35NO/c1-4-15-36(16-5-1)38-27-29-41(30-28-38)46-35-47-51-49(25-14-26-50(51)54-52(47)45-23-11-10-22-44(45)46)53(42-33-31-39(32-34-42)37-17-6-2-7-18-37)48-24-13-12-21-43(48)40-19-8-3-9-20-40/h1-35H. The van der Waals surface area contributed by atoms with Gasteiger partial charge in [-0.25, -0.2) is 0 Å². The second kappa shape index (κ2) is 13.4. The van der Waals surface area contributed by atoms with Gasteiger partial charge in [-0.2, -0.15) is 0 Å². The fourth-order valence-corrected chi connectivity index (χ4v) is 7.90. The van der Waals surface area contributed by atoms with Gasteiger partial charge in [-0.3, -0.25) is 0 Å². The number of rotatable bonds is 7. The van der Waals surface area contributed by atoms with Crippen LogP contribution in [0.3, 0.4) is 0 Å². The molecule has 0 radical (unpaired) electrons. The lowest BCUT2D eigenvalue weighted by atomic mass is 9.93. The number of anilines is 3. The molecular formula is C52H35NO. The minimum absolute atomic E-state index is 0.854. The van der Waals surface area contributed by atoms with E-state index in [-0.39, 0.29) is 0 Å². The third kappa shape index (κ3) is 5.53. The van der Waals surface area contributed by atoms with Gasteiger partial charge in [0.25, 0.3) is 0 Å². The van der Waals surface area contributed by atoms with Crippen molar-refractivity contribution in [1.29, 1.82) is 0 Å². The van der Waals surface area contributed by atoms with Gasteiger partial charge < -0.3 is 9.32 Å². The molecule has 0 unspecified atom stereocenters. The van der Waals surface area contributed by atoms with Crippen LogP contribution in [-0.2, 0) is 0 Å². The predicted octanol–water partition coefficient (Wildman–Crippen LogP) is 14.9. The van der Waals surface area contributed by atoms with Crippen LogP contribution in [0.2, 0.25) is 0 Å².